The van der Waals surface area contributed by atoms with Crippen LogP contribution in [0.4, 0.5) is 0 Å². The maximum Gasteiger partial charge on any atom is 0.0961 e. The monoisotopic (exact) mass is 317 g/mol. The molecule has 17 heavy (non-hydrogen) atoms. The lowest BCUT2D eigenvalue weighted by Gasteiger charge is -2.33. The van der Waals surface area contributed by atoms with Crippen molar-refractivity contribution in [3.05, 3.63) is 20.8 Å². The summed E-state index contributed by atoms with van der Waals surface area (Å²) in [7, 11) is 0. The first-order chi connectivity index (χ1) is 8.13. The predicted molar refractivity (Wildman–Crippen MR) is 76.1 cm³/mol. The van der Waals surface area contributed by atoms with E-state index >= 15 is 0 Å². The smallest absolute Gasteiger partial charge is 0.0961 e. The van der Waals surface area contributed by atoms with Gasteiger partial charge in [0.05, 0.1) is 6.10 Å². The topological polar surface area (TPSA) is 46.2 Å². The van der Waals surface area contributed by atoms with E-state index < -0.39 is 6.10 Å². The van der Waals surface area contributed by atoms with Crippen LogP contribution in [0.25, 0.3) is 0 Å². The van der Waals surface area contributed by atoms with Crippen LogP contribution in [0.3, 0.4) is 0 Å². The quantitative estimate of drug-likeness (QED) is 0.889. The van der Waals surface area contributed by atoms with Gasteiger partial charge in [-0.2, -0.15) is 0 Å². The summed E-state index contributed by atoms with van der Waals surface area (Å²) in [6, 6.07) is 2.00. The Labute approximate surface area is 115 Å². The molecule has 0 amide bonds. The lowest BCUT2D eigenvalue weighted by Crippen LogP contribution is -2.34. The van der Waals surface area contributed by atoms with Crippen LogP contribution in [0, 0.1) is 11.3 Å². The van der Waals surface area contributed by atoms with E-state index in [2.05, 4.69) is 22.9 Å². The molecule has 1 aromatic heterocycles. The molecule has 2 rings (SSSR count). The van der Waals surface area contributed by atoms with Gasteiger partial charge in [-0.25, -0.2) is 0 Å². The molecule has 1 aliphatic rings. The fourth-order valence-corrected chi connectivity index (χ4v) is 4.66. The molecular weight excluding hydrogens is 298 g/mol. The van der Waals surface area contributed by atoms with E-state index in [0.29, 0.717) is 6.54 Å². The molecule has 1 heterocycles. The Morgan fingerprint density at radius 1 is 1.71 bits per heavy atom. The van der Waals surface area contributed by atoms with E-state index in [4.69, 9.17) is 5.73 Å². The molecule has 0 saturated heterocycles. The molecule has 3 unspecified atom stereocenters. The molecule has 0 radical (unpaired) electrons. The summed E-state index contributed by atoms with van der Waals surface area (Å²) in [6.07, 6.45) is 4.09. The van der Waals surface area contributed by atoms with Crippen LogP contribution in [0.1, 0.15) is 43.6 Å². The minimum atomic E-state index is -0.418. The number of thiophene rings is 1. The van der Waals surface area contributed by atoms with Gasteiger partial charge in [0.1, 0.15) is 0 Å². The maximum atomic E-state index is 10.7. The molecule has 3 N–H and O–H groups in total. The molecule has 1 saturated carbocycles. The molecule has 1 aromatic rings. The Kier molecular flexibility index (Phi) is 4.29. The van der Waals surface area contributed by atoms with Crippen LogP contribution in [0.2, 0.25) is 0 Å². The van der Waals surface area contributed by atoms with Gasteiger partial charge in [0.25, 0.3) is 0 Å². The molecule has 2 nitrogen and oxygen atoms in total. The molecule has 0 aliphatic heterocycles. The first-order valence-electron chi connectivity index (χ1n) is 6.24. The second-order valence-electron chi connectivity index (χ2n) is 5.12. The molecule has 3 atom stereocenters. The summed E-state index contributed by atoms with van der Waals surface area (Å²) in [5.41, 5.74) is 5.87. The molecule has 1 fully saturated rings. The van der Waals surface area contributed by atoms with E-state index in [-0.39, 0.29) is 5.41 Å². The average molecular weight is 318 g/mol. The Balaban J connectivity index is 2.22. The van der Waals surface area contributed by atoms with E-state index in [1.54, 1.807) is 11.3 Å². The summed E-state index contributed by atoms with van der Waals surface area (Å²) < 4.78 is 1.02. The van der Waals surface area contributed by atoms with Gasteiger partial charge in [-0.1, -0.05) is 13.3 Å². The van der Waals surface area contributed by atoms with Gasteiger partial charge in [0.2, 0.25) is 0 Å². The van der Waals surface area contributed by atoms with Crippen LogP contribution < -0.4 is 5.73 Å². The van der Waals surface area contributed by atoms with Gasteiger partial charge < -0.3 is 10.8 Å². The SMILES string of the molecule is CCC1CCC(CN)(C(O)c2sccc2Br)C1. The second-order valence-corrected chi connectivity index (χ2v) is 6.92. The third-order valence-corrected chi connectivity index (χ3v) is 6.13. The van der Waals surface area contributed by atoms with Crippen LogP contribution in [0.15, 0.2) is 15.9 Å². The van der Waals surface area contributed by atoms with Gasteiger partial charge in [0, 0.05) is 21.3 Å². The van der Waals surface area contributed by atoms with Crippen molar-refractivity contribution in [2.45, 2.75) is 38.7 Å². The van der Waals surface area contributed by atoms with E-state index in [1.165, 1.54) is 12.8 Å². The van der Waals surface area contributed by atoms with Crippen molar-refractivity contribution < 1.29 is 5.11 Å². The van der Waals surface area contributed by atoms with Crippen molar-refractivity contribution in [3.63, 3.8) is 0 Å². The highest BCUT2D eigenvalue weighted by Gasteiger charge is 2.44. The number of hydrogen-bond acceptors (Lipinski definition) is 3. The number of hydrogen-bond donors (Lipinski definition) is 2. The summed E-state index contributed by atoms with van der Waals surface area (Å²) in [6.45, 7) is 2.81. The highest BCUT2D eigenvalue weighted by atomic mass is 79.9. The molecule has 1 aliphatic carbocycles. The first kappa shape index (κ1) is 13.5. The van der Waals surface area contributed by atoms with Crippen molar-refractivity contribution in [3.8, 4) is 0 Å². The van der Waals surface area contributed by atoms with E-state index in [1.807, 2.05) is 11.4 Å². The van der Waals surface area contributed by atoms with Crippen molar-refractivity contribution in [2.75, 3.05) is 6.54 Å². The number of rotatable bonds is 4. The molecule has 0 spiro atoms. The summed E-state index contributed by atoms with van der Waals surface area (Å²) in [4.78, 5) is 1.03. The van der Waals surface area contributed by atoms with Crippen molar-refractivity contribution in [1.82, 2.24) is 0 Å². The zero-order valence-electron chi connectivity index (χ0n) is 10.2. The standard InChI is InChI=1S/C13H20BrNOS/c1-2-9-3-5-13(7-9,8-15)12(16)11-10(14)4-6-17-11/h4,6,9,12,16H,2-3,5,7-8,15H2,1H3. The van der Waals surface area contributed by atoms with Crippen molar-refractivity contribution >= 4 is 27.3 Å². The third-order valence-electron chi connectivity index (χ3n) is 4.20. The van der Waals surface area contributed by atoms with Crippen LogP contribution in [0.5, 0.6) is 0 Å². The van der Waals surface area contributed by atoms with E-state index in [0.717, 1.165) is 28.1 Å². The Bertz CT molecular complexity index is 381. The molecular formula is C13H20BrNOS. The second kappa shape index (κ2) is 5.39. The highest BCUT2D eigenvalue weighted by Crippen LogP contribution is 2.52. The molecule has 4 heteroatoms. The third kappa shape index (κ3) is 2.46. The zero-order valence-corrected chi connectivity index (χ0v) is 12.6. The number of halogens is 1. The van der Waals surface area contributed by atoms with Gasteiger partial charge in [-0.3, -0.25) is 0 Å². The van der Waals surface area contributed by atoms with Crippen LogP contribution in [-0.4, -0.2) is 11.7 Å². The zero-order chi connectivity index (χ0) is 12.5. The Morgan fingerprint density at radius 3 is 2.94 bits per heavy atom. The first-order valence-corrected chi connectivity index (χ1v) is 7.91. The minimum absolute atomic E-state index is 0.103. The van der Waals surface area contributed by atoms with Crippen LogP contribution in [-0.2, 0) is 0 Å². The summed E-state index contributed by atoms with van der Waals surface area (Å²) in [5, 5.41) is 12.7. The van der Waals surface area contributed by atoms with Crippen molar-refractivity contribution in [2.24, 2.45) is 17.1 Å². The summed E-state index contributed by atoms with van der Waals surface area (Å²) >= 11 is 5.12. The largest absolute Gasteiger partial charge is 0.387 e. The molecule has 0 aromatic carbocycles. The van der Waals surface area contributed by atoms with Crippen molar-refractivity contribution in [1.29, 1.82) is 0 Å². The fourth-order valence-electron chi connectivity index (χ4n) is 2.94. The minimum Gasteiger partial charge on any atom is -0.387 e. The number of nitrogens with two attached hydrogens (primary N) is 1. The van der Waals surface area contributed by atoms with Gasteiger partial charge in [-0.05, 0) is 52.6 Å². The Hall–Kier alpha value is 0.100. The lowest BCUT2D eigenvalue weighted by molar-refractivity contribution is 0.0324. The van der Waals surface area contributed by atoms with E-state index in [9.17, 15) is 5.11 Å². The molecule has 0 bridgehead atoms. The highest BCUT2D eigenvalue weighted by molar-refractivity contribution is 9.10. The van der Waals surface area contributed by atoms with Gasteiger partial charge >= 0.3 is 0 Å². The van der Waals surface area contributed by atoms with Gasteiger partial charge in [-0.15, -0.1) is 11.3 Å². The van der Waals surface area contributed by atoms with Crippen LogP contribution >= 0.6 is 27.3 Å². The lowest BCUT2D eigenvalue weighted by atomic mass is 9.78. The average Bonchev–Trinajstić information content (AvgIpc) is 2.95. The number of aliphatic hydroxyl groups excluding tert-OH is 1. The van der Waals surface area contributed by atoms with Gasteiger partial charge in [0.15, 0.2) is 0 Å². The molecule has 96 valence electrons. The number of aliphatic hydroxyl groups is 1. The normalized spacial score (nSPS) is 30.7. The predicted octanol–water partition coefficient (Wildman–Crippen LogP) is 3.70. The maximum absolute atomic E-state index is 10.7. The fraction of sp³-hybridized carbons (Fsp3) is 0.692. The summed E-state index contributed by atoms with van der Waals surface area (Å²) in [5.74, 6) is 0.729. The Morgan fingerprint density at radius 2 is 2.47 bits per heavy atom.